The van der Waals surface area contributed by atoms with Crippen LogP contribution in [-0.4, -0.2) is 9.75 Å². The van der Waals surface area contributed by atoms with E-state index in [9.17, 15) is 10.1 Å². The van der Waals surface area contributed by atoms with Crippen LogP contribution in [0.25, 0.3) is 0 Å². The molecule has 1 rings (SSSR count). The number of alkyl halides is 1. The summed E-state index contributed by atoms with van der Waals surface area (Å²) in [6, 6.07) is 2.89. The number of benzene rings is 1. The lowest BCUT2D eigenvalue weighted by atomic mass is 10.1. The fourth-order valence-corrected chi connectivity index (χ4v) is 2.72. The Kier molecular flexibility index (Phi) is 5.70. The van der Waals surface area contributed by atoms with Crippen LogP contribution in [0.2, 0.25) is 10.0 Å². The fraction of sp³-hybridized carbons (Fsp3) is 0.455. The van der Waals surface area contributed by atoms with Crippen molar-refractivity contribution < 1.29 is 4.92 Å². The number of halogens is 3. The van der Waals surface area contributed by atoms with Crippen molar-refractivity contribution in [1.29, 1.82) is 0 Å². The minimum atomic E-state index is -0.427. The second kappa shape index (κ2) is 6.57. The molecule has 0 spiro atoms. The normalized spacial score (nSPS) is 12.5. The molecule has 0 aliphatic rings. The minimum absolute atomic E-state index is 0.0277. The minimum Gasteiger partial charge on any atom is -0.258 e. The van der Waals surface area contributed by atoms with Gasteiger partial charge in [-0.05, 0) is 18.9 Å². The van der Waals surface area contributed by atoms with Crippen molar-refractivity contribution in [1.82, 2.24) is 0 Å². The third kappa shape index (κ3) is 4.12. The maximum Gasteiger partial charge on any atom is 0.274 e. The molecule has 3 nitrogen and oxygen atoms in total. The lowest BCUT2D eigenvalue weighted by Gasteiger charge is -2.09. The molecule has 0 fully saturated rings. The van der Waals surface area contributed by atoms with Gasteiger partial charge in [0.2, 0.25) is 0 Å². The largest absolute Gasteiger partial charge is 0.274 e. The van der Waals surface area contributed by atoms with Crippen LogP contribution in [0.4, 0.5) is 5.69 Å². The maximum atomic E-state index is 10.9. The quantitative estimate of drug-likeness (QED) is 0.429. The first-order valence-corrected chi connectivity index (χ1v) is 6.89. The zero-order valence-corrected chi connectivity index (χ0v) is 12.3. The molecule has 1 atom stereocenters. The monoisotopic (exact) mass is 339 g/mol. The molecule has 1 unspecified atom stereocenters. The molecule has 0 saturated carbocycles. The Balaban J connectivity index is 3.04. The molecule has 17 heavy (non-hydrogen) atoms. The summed E-state index contributed by atoms with van der Waals surface area (Å²) in [5, 5.41) is 11.5. The Morgan fingerprint density at radius 3 is 2.53 bits per heavy atom. The maximum absolute atomic E-state index is 10.9. The average molecular weight is 341 g/mol. The third-order valence-electron chi connectivity index (χ3n) is 2.36. The Morgan fingerprint density at radius 2 is 2.00 bits per heavy atom. The Morgan fingerprint density at radius 1 is 1.41 bits per heavy atom. The molecular formula is C11H12BrCl2NO2. The van der Waals surface area contributed by atoms with Crippen molar-refractivity contribution in [3.05, 3.63) is 37.9 Å². The van der Waals surface area contributed by atoms with Crippen molar-refractivity contribution >= 4 is 44.8 Å². The van der Waals surface area contributed by atoms with Crippen LogP contribution in [-0.2, 0) is 6.42 Å². The van der Waals surface area contributed by atoms with Gasteiger partial charge in [0.1, 0.15) is 0 Å². The molecule has 0 heterocycles. The van der Waals surface area contributed by atoms with Crippen molar-refractivity contribution in [2.45, 2.75) is 31.0 Å². The molecular weight excluding hydrogens is 329 g/mol. The zero-order chi connectivity index (χ0) is 13.0. The first-order valence-electron chi connectivity index (χ1n) is 5.22. The lowest BCUT2D eigenvalue weighted by molar-refractivity contribution is -0.385. The summed E-state index contributed by atoms with van der Waals surface area (Å²) in [7, 11) is 0. The summed E-state index contributed by atoms with van der Waals surface area (Å²) in [6.45, 7) is 2.07. The Bertz CT molecular complexity index is 426. The topological polar surface area (TPSA) is 43.1 Å². The molecule has 1 aromatic carbocycles. The standard InChI is InChI=1S/C11H12BrCl2NO2/c1-2-3-8(12)4-7-5-9(13)10(14)6-11(7)15(16)17/h5-6,8H,2-4H2,1H3. The third-order valence-corrected chi connectivity index (χ3v) is 3.87. The fourth-order valence-electron chi connectivity index (χ4n) is 1.56. The molecule has 0 aliphatic heterocycles. The van der Waals surface area contributed by atoms with Gasteiger partial charge in [-0.2, -0.15) is 0 Å². The summed E-state index contributed by atoms with van der Waals surface area (Å²) >= 11 is 15.2. The number of nitro groups is 1. The Hall–Kier alpha value is -0.320. The van der Waals surface area contributed by atoms with E-state index in [4.69, 9.17) is 23.2 Å². The van der Waals surface area contributed by atoms with Gasteiger partial charge in [-0.3, -0.25) is 10.1 Å². The first kappa shape index (κ1) is 14.7. The van der Waals surface area contributed by atoms with Crippen LogP contribution in [0.5, 0.6) is 0 Å². The summed E-state index contributed by atoms with van der Waals surface area (Å²) in [5.41, 5.74) is 0.639. The number of hydrogen-bond donors (Lipinski definition) is 0. The molecule has 0 bridgehead atoms. The number of nitrogens with zero attached hydrogens (tertiary/aromatic N) is 1. The van der Waals surface area contributed by atoms with Gasteiger partial charge in [-0.15, -0.1) is 0 Å². The summed E-state index contributed by atoms with van der Waals surface area (Å²) < 4.78 is 0. The lowest BCUT2D eigenvalue weighted by Crippen LogP contribution is -2.05. The van der Waals surface area contributed by atoms with E-state index in [0.29, 0.717) is 17.0 Å². The molecule has 6 heteroatoms. The highest BCUT2D eigenvalue weighted by atomic mass is 79.9. The van der Waals surface area contributed by atoms with Gasteiger partial charge in [0.05, 0.1) is 15.0 Å². The van der Waals surface area contributed by atoms with E-state index in [1.54, 1.807) is 6.07 Å². The van der Waals surface area contributed by atoms with E-state index in [1.165, 1.54) is 6.07 Å². The van der Waals surface area contributed by atoms with Crippen molar-refractivity contribution in [2.24, 2.45) is 0 Å². The SMILES string of the molecule is CCCC(Br)Cc1cc(Cl)c(Cl)cc1[N+](=O)[O-]. The van der Waals surface area contributed by atoms with Gasteiger partial charge in [0.15, 0.2) is 0 Å². The van der Waals surface area contributed by atoms with Crippen LogP contribution in [0, 0.1) is 10.1 Å². The van der Waals surface area contributed by atoms with Gasteiger partial charge < -0.3 is 0 Å². The van der Waals surface area contributed by atoms with Gasteiger partial charge >= 0.3 is 0 Å². The van der Waals surface area contributed by atoms with Gasteiger partial charge in [0.25, 0.3) is 5.69 Å². The van der Waals surface area contributed by atoms with E-state index in [0.717, 1.165) is 12.8 Å². The van der Waals surface area contributed by atoms with Gasteiger partial charge in [-0.25, -0.2) is 0 Å². The van der Waals surface area contributed by atoms with E-state index in [2.05, 4.69) is 22.9 Å². The zero-order valence-electron chi connectivity index (χ0n) is 9.25. The van der Waals surface area contributed by atoms with Crippen LogP contribution >= 0.6 is 39.1 Å². The van der Waals surface area contributed by atoms with Crippen LogP contribution < -0.4 is 0 Å². The summed E-state index contributed by atoms with van der Waals surface area (Å²) in [6.07, 6.45) is 2.55. The van der Waals surface area contributed by atoms with E-state index < -0.39 is 4.92 Å². The second-order valence-electron chi connectivity index (χ2n) is 3.74. The van der Waals surface area contributed by atoms with Crippen molar-refractivity contribution in [3.63, 3.8) is 0 Å². The Labute approximate surface area is 118 Å². The van der Waals surface area contributed by atoms with Crippen LogP contribution in [0.1, 0.15) is 25.3 Å². The summed E-state index contributed by atoms with van der Waals surface area (Å²) in [5.74, 6) is 0. The predicted octanol–water partition coefficient (Wildman–Crippen LogP) is 5.01. The number of rotatable bonds is 5. The average Bonchev–Trinajstić information content (AvgIpc) is 2.23. The van der Waals surface area contributed by atoms with E-state index >= 15 is 0 Å². The summed E-state index contributed by atoms with van der Waals surface area (Å²) in [4.78, 5) is 10.7. The predicted molar refractivity (Wildman–Crippen MR) is 74.4 cm³/mol. The molecule has 0 amide bonds. The molecule has 94 valence electrons. The van der Waals surface area contributed by atoms with E-state index in [-0.39, 0.29) is 15.5 Å². The highest BCUT2D eigenvalue weighted by molar-refractivity contribution is 9.09. The smallest absolute Gasteiger partial charge is 0.258 e. The molecule has 0 aromatic heterocycles. The van der Waals surface area contributed by atoms with E-state index in [1.807, 2.05) is 0 Å². The molecule has 0 N–H and O–H groups in total. The number of hydrogen-bond acceptors (Lipinski definition) is 2. The van der Waals surface area contributed by atoms with Crippen LogP contribution in [0.15, 0.2) is 12.1 Å². The number of nitro benzene ring substituents is 1. The molecule has 1 aromatic rings. The van der Waals surface area contributed by atoms with Gasteiger partial charge in [-0.1, -0.05) is 52.5 Å². The van der Waals surface area contributed by atoms with Crippen molar-refractivity contribution in [2.75, 3.05) is 0 Å². The molecule has 0 saturated heterocycles. The highest BCUT2D eigenvalue weighted by Gasteiger charge is 2.19. The van der Waals surface area contributed by atoms with Gasteiger partial charge in [0, 0.05) is 16.5 Å². The second-order valence-corrected chi connectivity index (χ2v) is 5.85. The molecule has 0 aliphatic carbocycles. The highest BCUT2D eigenvalue weighted by Crippen LogP contribution is 2.32. The van der Waals surface area contributed by atoms with Crippen LogP contribution in [0.3, 0.4) is 0 Å². The van der Waals surface area contributed by atoms with Crippen molar-refractivity contribution in [3.8, 4) is 0 Å². The molecule has 0 radical (unpaired) electrons. The first-order chi connectivity index (χ1) is 7.95.